The van der Waals surface area contributed by atoms with E-state index < -0.39 is 10.0 Å². The van der Waals surface area contributed by atoms with Crippen LogP contribution in [0.4, 0.5) is 10.8 Å². The van der Waals surface area contributed by atoms with Crippen molar-refractivity contribution in [3.8, 4) is 0 Å². The molecule has 0 saturated carbocycles. The average molecular weight is 492 g/mol. The third-order valence-corrected chi connectivity index (χ3v) is 7.99. The van der Waals surface area contributed by atoms with Crippen LogP contribution in [0, 0.1) is 6.92 Å². The number of likely N-dealkylation sites (tertiary alicyclic amines) is 1. The predicted octanol–water partition coefficient (Wildman–Crippen LogP) is 4.40. The van der Waals surface area contributed by atoms with Crippen molar-refractivity contribution in [1.82, 2.24) is 14.3 Å². The number of hydrogen-bond acceptors (Lipinski definition) is 7. The van der Waals surface area contributed by atoms with E-state index >= 15 is 0 Å². The summed E-state index contributed by atoms with van der Waals surface area (Å²) in [7, 11) is -3.77. The second-order valence-corrected chi connectivity index (χ2v) is 10.8. The molecule has 0 radical (unpaired) electrons. The lowest BCUT2D eigenvalue weighted by Crippen LogP contribution is -2.37. The molecule has 170 valence electrons. The summed E-state index contributed by atoms with van der Waals surface area (Å²) in [5, 5.41) is 0.643. The highest BCUT2D eigenvalue weighted by molar-refractivity contribution is 7.93. The minimum atomic E-state index is -3.77. The van der Waals surface area contributed by atoms with E-state index in [9.17, 15) is 8.42 Å². The zero-order valence-corrected chi connectivity index (χ0v) is 20.4. The van der Waals surface area contributed by atoms with Crippen molar-refractivity contribution in [2.24, 2.45) is 0 Å². The van der Waals surface area contributed by atoms with Gasteiger partial charge in [0.25, 0.3) is 10.0 Å². The summed E-state index contributed by atoms with van der Waals surface area (Å²) in [5.41, 5.74) is 3.45. The maximum atomic E-state index is 12.6. The van der Waals surface area contributed by atoms with Crippen molar-refractivity contribution in [3.63, 3.8) is 0 Å². The van der Waals surface area contributed by atoms with Crippen LogP contribution in [0.25, 0.3) is 0 Å². The van der Waals surface area contributed by atoms with Gasteiger partial charge in [-0.15, -0.1) is 0 Å². The molecule has 32 heavy (non-hydrogen) atoms. The molecule has 0 bridgehead atoms. The largest absolute Gasteiger partial charge is 0.366 e. The van der Waals surface area contributed by atoms with Crippen LogP contribution in [0.5, 0.6) is 0 Å². The van der Waals surface area contributed by atoms with Gasteiger partial charge in [0.2, 0.25) is 5.13 Å². The molecule has 1 fully saturated rings. The van der Waals surface area contributed by atoms with Crippen LogP contribution in [0.3, 0.4) is 0 Å². The van der Waals surface area contributed by atoms with Gasteiger partial charge in [-0.25, -0.2) is 13.4 Å². The third-order valence-electron chi connectivity index (χ3n) is 5.64. The molecular formula is C22H26ClN5O2S2. The number of likely N-dealkylation sites (N-methyl/N-ethyl adjacent to an activating group) is 1. The Morgan fingerprint density at radius 3 is 2.81 bits per heavy atom. The molecular weight excluding hydrogens is 466 g/mol. The number of halogens is 1. The highest BCUT2D eigenvalue weighted by Gasteiger charge is 2.29. The summed E-state index contributed by atoms with van der Waals surface area (Å²) in [4.78, 5) is 8.71. The fourth-order valence-corrected chi connectivity index (χ4v) is 6.22. The Morgan fingerprint density at radius 2 is 2.12 bits per heavy atom. The van der Waals surface area contributed by atoms with Crippen molar-refractivity contribution in [3.05, 3.63) is 64.9 Å². The van der Waals surface area contributed by atoms with Gasteiger partial charge < -0.3 is 4.90 Å². The van der Waals surface area contributed by atoms with Crippen molar-refractivity contribution in [1.29, 1.82) is 0 Å². The molecule has 0 aliphatic carbocycles. The van der Waals surface area contributed by atoms with E-state index in [1.807, 2.05) is 0 Å². The highest BCUT2D eigenvalue weighted by Crippen LogP contribution is 2.32. The van der Waals surface area contributed by atoms with Gasteiger partial charge in [-0.2, -0.15) is 4.37 Å². The Balaban J connectivity index is 1.47. The van der Waals surface area contributed by atoms with E-state index in [1.54, 1.807) is 12.1 Å². The Bertz CT molecular complexity index is 1170. The minimum absolute atomic E-state index is 0.102. The Morgan fingerprint density at radius 1 is 1.28 bits per heavy atom. The first-order chi connectivity index (χ1) is 15.4. The lowest BCUT2D eigenvalue weighted by atomic mass is 10.1. The van der Waals surface area contributed by atoms with E-state index in [0.29, 0.717) is 11.1 Å². The summed E-state index contributed by atoms with van der Waals surface area (Å²) in [5.74, 6) is 0. The lowest BCUT2D eigenvalue weighted by Gasteiger charge is -2.31. The SMILES string of the molecule is CCN(c1ccc(S(=O)(=O)Nc2ncns2)cc1Cl)[C@H]1CCN(Cc2cccc(C)c2)C1. The Kier molecular flexibility index (Phi) is 6.99. The van der Waals surface area contributed by atoms with Crippen LogP contribution in [-0.2, 0) is 16.6 Å². The summed E-state index contributed by atoms with van der Waals surface area (Å²) in [6, 6.07) is 13.8. The lowest BCUT2D eigenvalue weighted by molar-refractivity contribution is 0.325. The Labute approximate surface area is 198 Å². The zero-order valence-electron chi connectivity index (χ0n) is 18.0. The van der Waals surface area contributed by atoms with Gasteiger partial charge >= 0.3 is 0 Å². The van der Waals surface area contributed by atoms with Crippen molar-refractivity contribution < 1.29 is 8.42 Å². The van der Waals surface area contributed by atoms with Crippen LogP contribution < -0.4 is 9.62 Å². The average Bonchev–Trinajstić information content (AvgIpc) is 3.42. The number of rotatable bonds is 8. The van der Waals surface area contributed by atoms with Gasteiger partial charge in [0, 0.05) is 43.8 Å². The van der Waals surface area contributed by atoms with Gasteiger partial charge in [0.1, 0.15) is 6.33 Å². The van der Waals surface area contributed by atoms with E-state index in [0.717, 1.165) is 49.8 Å². The zero-order chi connectivity index (χ0) is 22.7. The van der Waals surface area contributed by atoms with Crippen LogP contribution in [-0.4, -0.2) is 48.4 Å². The second kappa shape index (κ2) is 9.74. The molecule has 0 unspecified atom stereocenters. The molecule has 0 amide bonds. The van der Waals surface area contributed by atoms with E-state index in [2.05, 4.69) is 62.0 Å². The summed E-state index contributed by atoms with van der Waals surface area (Å²) < 4.78 is 31.5. The third kappa shape index (κ3) is 5.23. The fraction of sp³-hybridized carbons (Fsp3) is 0.364. The van der Waals surface area contributed by atoms with Crippen LogP contribution in [0.15, 0.2) is 53.7 Å². The molecule has 1 aromatic heterocycles. The quantitative estimate of drug-likeness (QED) is 0.503. The van der Waals surface area contributed by atoms with E-state index in [4.69, 9.17) is 11.6 Å². The van der Waals surface area contributed by atoms with Gasteiger partial charge in [-0.05, 0) is 44.0 Å². The monoisotopic (exact) mass is 491 g/mol. The predicted molar refractivity (Wildman–Crippen MR) is 130 cm³/mol. The molecule has 2 aromatic carbocycles. The number of benzene rings is 2. The molecule has 7 nitrogen and oxygen atoms in total. The van der Waals surface area contributed by atoms with E-state index in [-0.39, 0.29) is 10.0 Å². The molecule has 0 spiro atoms. The van der Waals surface area contributed by atoms with Crippen molar-refractivity contribution in [2.45, 2.75) is 37.8 Å². The van der Waals surface area contributed by atoms with Crippen LogP contribution >= 0.6 is 23.1 Å². The number of anilines is 2. The van der Waals surface area contributed by atoms with Crippen molar-refractivity contribution >= 4 is 44.0 Å². The number of aromatic nitrogens is 2. The second-order valence-electron chi connectivity index (χ2n) is 7.92. The highest BCUT2D eigenvalue weighted by atomic mass is 35.5. The normalized spacial score (nSPS) is 16.9. The molecule has 1 aliphatic rings. The van der Waals surface area contributed by atoms with Gasteiger partial charge in [-0.1, -0.05) is 41.4 Å². The van der Waals surface area contributed by atoms with Gasteiger partial charge in [0.05, 0.1) is 15.6 Å². The summed E-state index contributed by atoms with van der Waals surface area (Å²) in [6.45, 7) is 7.89. The van der Waals surface area contributed by atoms with E-state index in [1.165, 1.54) is 23.5 Å². The maximum absolute atomic E-state index is 12.6. The maximum Gasteiger partial charge on any atom is 0.263 e. The molecule has 1 N–H and O–H groups in total. The molecule has 1 aliphatic heterocycles. The molecule has 3 aromatic rings. The number of nitrogens with zero attached hydrogens (tertiary/aromatic N) is 4. The van der Waals surface area contributed by atoms with Crippen LogP contribution in [0.2, 0.25) is 5.02 Å². The molecule has 1 saturated heterocycles. The number of hydrogen-bond donors (Lipinski definition) is 1. The van der Waals surface area contributed by atoms with Gasteiger partial charge in [0.15, 0.2) is 0 Å². The van der Waals surface area contributed by atoms with Gasteiger partial charge in [-0.3, -0.25) is 9.62 Å². The number of sulfonamides is 1. The number of nitrogens with one attached hydrogen (secondary N) is 1. The smallest absolute Gasteiger partial charge is 0.263 e. The molecule has 2 heterocycles. The summed E-state index contributed by atoms with van der Waals surface area (Å²) in [6.07, 6.45) is 2.34. The first kappa shape index (κ1) is 23.0. The fourth-order valence-electron chi connectivity index (χ4n) is 4.18. The molecule has 1 atom stereocenters. The topological polar surface area (TPSA) is 78.4 Å². The standard InChI is InChI=1S/C22H26ClN5O2S2/c1-3-28(18-9-10-27(14-18)13-17-6-4-5-16(2)11-17)21-8-7-19(12-20(21)23)32(29,30)26-22-24-15-25-31-22/h4-8,11-12,15,18H,3,9-10,13-14H2,1-2H3,(H,24,25,26)/t18-/m0/s1. The van der Waals surface area contributed by atoms with Crippen LogP contribution in [0.1, 0.15) is 24.5 Å². The molecule has 4 rings (SSSR count). The first-order valence-electron chi connectivity index (χ1n) is 10.5. The summed E-state index contributed by atoms with van der Waals surface area (Å²) >= 11 is 7.56. The van der Waals surface area contributed by atoms with Crippen molar-refractivity contribution in [2.75, 3.05) is 29.3 Å². The minimum Gasteiger partial charge on any atom is -0.366 e. The Hall–Kier alpha value is -2.20. The number of aryl methyl sites for hydroxylation is 1. The first-order valence-corrected chi connectivity index (χ1v) is 13.1. The molecule has 10 heteroatoms.